The Hall–Kier alpha value is -1.01. The van der Waals surface area contributed by atoms with Gasteiger partial charge < -0.3 is 14.6 Å². The monoisotopic (exact) mass is 396 g/mol. The van der Waals surface area contributed by atoms with Gasteiger partial charge in [0.15, 0.2) is 11.5 Å². The van der Waals surface area contributed by atoms with Crippen molar-refractivity contribution < 1.29 is 14.6 Å². The van der Waals surface area contributed by atoms with Crippen LogP contribution in [0, 0.1) is 0 Å². The second-order valence-electron chi connectivity index (χ2n) is 5.74. The van der Waals surface area contributed by atoms with Crippen LogP contribution >= 0.6 is 35.1 Å². The normalized spacial score (nSPS) is 17.8. The zero-order valence-electron chi connectivity index (χ0n) is 14.2. The fourth-order valence-corrected chi connectivity index (χ4v) is 6.47. The first-order valence-corrected chi connectivity index (χ1v) is 10.4. The largest absolute Gasteiger partial charge is 0.493 e. The number of rotatable bonds is 5. The summed E-state index contributed by atoms with van der Waals surface area (Å²) in [5.41, 5.74) is 1.89. The van der Waals surface area contributed by atoms with Gasteiger partial charge >= 0.3 is 0 Å². The van der Waals surface area contributed by atoms with Crippen LogP contribution < -0.4 is 9.47 Å². The molecule has 0 aliphatic carbocycles. The molecule has 0 radical (unpaired) electrons. The van der Waals surface area contributed by atoms with E-state index in [-0.39, 0.29) is 0 Å². The lowest BCUT2D eigenvalue weighted by Crippen LogP contribution is -2.30. The van der Waals surface area contributed by atoms with Crippen LogP contribution in [0.25, 0.3) is 0 Å². The molecule has 134 valence electrons. The molecule has 0 aromatic heterocycles. The van der Waals surface area contributed by atoms with Crippen molar-refractivity contribution in [2.45, 2.75) is 16.6 Å². The Labute approximate surface area is 162 Å². The van der Waals surface area contributed by atoms with Gasteiger partial charge in [-0.3, -0.25) is 0 Å². The molecular weight excluding hydrogens is 376 g/mol. The van der Waals surface area contributed by atoms with Crippen LogP contribution in [-0.4, -0.2) is 30.8 Å². The summed E-state index contributed by atoms with van der Waals surface area (Å²) in [7, 11) is 3.21. The minimum absolute atomic E-state index is 0.456. The summed E-state index contributed by atoms with van der Waals surface area (Å²) in [4.78, 5) is 0. The summed E-state index contributed by atoms with van der Waals surface area (Å²) < 4.78 is 10.3. The van der Waals surface area contributed by atoms with E-state index in [0.29, 0.717) is 16.5 Å². The van der Waals surface area contributed by atoms with Crippen LogP contribution in [0.5, 0.6) is 11.5 Å². The highest BCUT2D eigenvalue weighted by Crippen LogP contribution is 2.57. The van der Waals surface area contributed by atoms with Crippen LogP contribution in [0.3, 0.4) is 0 Å². The van der Waals surface area contributed by atoms with Crippen LogP contribution in [-0.2, 0) is 4.08 Å². The maximum Gasteiger partial charge on any atom is 0.161 e. The van der Waals surface area contributed by atoms with E-state index < -0.39 is 10.2 Å². The molecule has 1 N–H and O–H groups in total. The van der Waals surface area contributed by atoms with E-state index in [2.05, 4.69) is 0 Å². The summed E-state index contributed by atoms with van der Waals surface area (Å²) in [5, 5.41) is 12.0. The Balaban J connectivity index is 2.03. The molecule has 3 rings (SSSR count). The molecule has 0 saturated carbocycles. The molecule has 3 nitrogen and oxygen atoms in total. The van der Waals surface area contributed by atoms with Crippen LogP contribution in [0.2, 0.25) is 5.02 Å². The second-order valence-corrected chi connectivity index (χ2v) is 9.12. The molecule has 1 unspecified atom stereocenters. The lowest BCUT2D eigenvalue weighted by molar-refractivity contribution is 0.162. The molecule has 25 heavy (non-hydrogen) atoms. The molecule has 0 spiro atoms. The number of thioether (sulfide) groups is 2. The third kappa shape index (κ3) is 3.75. The minimum Gasteiger partial charge on any atom is -0.493 e. The summed E-state index contributed by atoms with van der Waals surface area (Å²) >= 11 is 9.65. The molecule has 1 atom stereocenters. The van der Waals surface area contributed by atoms with E-state index in [1.807, 2.05) is 42.5 Å². The molecule has 0 amide bonds. The highest BCUT2D eigenvalue weighted by Gasteiger charge is 2.43. The Bertz CT molecular complexity index is 715. The quantitative estimate of drug-likeness (QED) is 0.759. The average Bonchev–Trinajstić information content (AvgIpc) is 2.67. The fraction of sp³-hybridized carbons (Fsp3) is 0.368. The smallest absolute Gasteiger partial charge is 0.161 e. The SMILES string of the molecule is COc1ccc(C(O)C2(c3ccc(Cl)cc3)SCCCS2)cc1OC. The maximum atomic E-state index is 11.3. The zero-order chi connectivity index (χ0) is 17.9. The van der Waals surface area contributed by atoms with Crippen molar-refractivity contribution in [1.82, 2.24) is 0 Å². The first-order valence-electron chi connectivity index (χ1n) is 8.04. The Morgan fingerprint density at radius 1 is 1.00 bits per heavy atom. The van der Waals surface area contributed by atoms with E-state index in [1.165, 1.54) is 0 Å². The standard InChI is InChI=1S/C19H21ClO3S2/c1-22-16-9-4-13(12-17(16)23-2)18(21)19(24-10-3-11-25-19)14-5-7-15(20)8-6-14/h4-9,12,18,21H,3,10-11H2,1-2H3. The summed E-state index contributed by atoms with van der Waals surface area (Å²) in [6.07, 6.45) is 0.465. The van der Waals surface area contributed by atoms with Crippen molar-refractivity contribution in [2.24, 2.45) is 0 Å². The highest BCUT2D eigenvalue weighted by atomic mass is 35.5. The van der Waals surface area contributed by atoms with E-state index in [4.69, 9.17) is 21.1 Å². The number of aliphatic hydroxyl groups excluding tert-OH is 1. The summed E-state index contributed by atoms with van der Waals surface area (Å²) in [5.74, 6) is 3.30. The van der Waals surface area contributed by atoms with Gasteiger partial charge in [0, 0.05) is 5.02 Å². The van der Waals surface area contributed by atoms with Crippen LogP contribution in [0.4, 0.5) is 0 Å². The topological polar surface area (TPSA) is 38.7 Å². The van der Waals surface area contributed by atoms with Gasteiger partial charge in [-0.2, -0.15) is 0 Å². The van der Waals surface area contributed by atoms with Crippen molar-refractivity contribution in [1.29, 1.82) is 0 Å². The van der Waals surface area contributed by atoms with Crippen molar-refractivity contribution >= 4 is 35.1 Å². The van der Waals surface area contributed by atoms with Gasteiger partial charge in [0.25, 0.3) is 0 Å². The number of benzene rings is 2. The van der Waals surface area contributed by atoms with Crippen molar-refractivity contribution in [2.75, 3.05) is 25.7 Å². The number of halogens is 1. The molecule has 0 bridgehead atoms. The molecule has 1 aliphatic rings. The fourth-order valence-electron chi connectivity index (χ4n) is 2.96. The molecule has 1 heterocycles. The lowest BCUT2D eigenvalue weighted by atomic mass is 9.99. The number of methoxy groups -OCH3 is 2. The number of aliphatic hydroxyl groups is 1. The summed E-state index contributed by atoms with van der Waals surface area (Å²) in [6.45, 7) is 0. The molecular formula is C19H21ClO3S2. The van der Waals surface area contributed by atoms with Gasteiger partial charge in [-0.05, 0) is 53.3 Å². The zero-order valence-corrected chi connectivity index (χ0v) is 16.6. The third-order valence-corrected chi connectivity index (χ3v) is 7.97. The molecule has 2 aromatic rings. The van der Waals surface area contributed by atoms with E-state index in [0.717, 1.165) is 29.1 Å². The van der Waals surface area contributed by atoms with Gasteiger partial charge in [0.05, 0.1) is 14.2 Å². The number of hydrogen-bond donors (Lipinski definition) is 1. The highest BCUT2D eigenvalue weighted by molar-refractivity contribution is 8.18. The van der Waals surface area contributed by atoms with E-state index in [9.17, 15) is 5.11 Å². The minimum atomic E-state index is -0.677. The van der Waals surface area contributed by atoms with E-state index >= 15 is 0 Å². The van der Waals surface area contributed by atoms with Crippen molar-refractivity contribution in [3.63, 3.8) is 0 Å². The third-order valence-electron chi connectivity index (χ3n) is 4.25. The van der Waals surface area contributed by atoms with Crippen molar-refractivity contribution in [3.8, 4) is 11.5 Å². The number of ether oxygens (including phenoxy) is 2. The first kappa shape index (κ1) is 18.8. The van der Waals surface area contributed by atoms with Gasteiger partial charge in [0.1, 0.15) is 10.2 Å². The molecule has 1 fully saturated rings. The molecule has 1 saturated heterocycles. The van der Waals surface area contributed by atoms with Gasteiger partial charge in [-0.1, -0.05) is 29.8 Å². The van der Waals surface area contributed by atoms with Crippen molar-refractivity contribution in [3.05, 3.63) is 58.6 Å². The lowest BCUT2D eigenvalue weighted by Gasteiger charge is -2.40. The van der Waals surface area contributed by atoms with Crippen LogP contribution in [0.1, 0.15) is 23.7 Å². The molecule has 6 heteroatoms. The van der Waals surface area contributed by atoms with Gasteiger partial charge in [0.2, 0.25) is 0 Å². The van der Waals surface area contributed by atoms with Gasteiger partial charge in [-0.25, -0.2) is 0 Å². The second kappa shape index (κ2) is 8.12. The number of hydrogen-bond acceptors (Lipinski definition) is 5. The Kier molecular flexibility index (Phi) is 6.10. The Morgan fingerprint density at radius 3 is 2.24 bits per heavy atom. The van der Waals surface area contributed by atoms with Gasteiger partial charge in [-0.15, -0.1) is 23.5 Å². The molecule has 1 aliphatic heterocycles. The maximum absolute atomic E-state index is 11.3. The summed E-state index contributed by atoms with van der Waals surface area (Å²) in [6, 6.07) is 13.4. The average molecular weight is 397 g/mol. The predicted octanol–water partition coefficient (Wildman–Crippen LogP) is 5.11. The first-order chi connectivity index (χ1) is 12.1. The van der Waals surface area contributed by atoms with E-state index in [1.54, 1.807) is 37.7 Å². The van der Waals surface area contributed by atoms with Crippen LogP contribution in [0.15, 0.2) is 42.5 Å². The predicted molar refractivity (Wildman–Crippen MR) is 107 cm³/mol. The molecule has 2 aromatic carbocycles. The Morgan fingerprint density at radius 2 is 1.64 bits per heavy atom.